The smallest absolute Gasteiger partial charge is 0.311 e. The summed E-state index contributed by atoms with van der Waals surface area (Å²) in [6.07, 6.45) is 2.34. The number of carbonyl (C=O) groups is 3. The monoisotopic (exact) mass is 370 g/mol. The van der Waals surface area contributed by atoms with Crippen molar-refractivity contribution in [2.45, 2.75) is 19.4 Å². The van der Waals surface area contributed by atoms with Crippen molar-refractivity contribution in [3.8, 4) is 0 Å². The minimum atomic E-state index is -0.551. The molecule has 7 heteroatoms. The molecule has 1 saturated heterocycles. The molecule has 1 aromatic carbocycles. The number of furan rings is 1. The minimum Gasteiger partial charge on any atom is -0.467 e. The minimum absolute atomic E-state index is 0.0924. The van der Waals surface area contributed by atoms with Crippen molar-refractivity contribution in [3.63, 3.8) is 0 Å². The van der Waals surface area contributed by atoms with E-state index in [1.807, 2.05) is 30.3 Å². The van der Waals surface area contributed by atoms with Gasteiger partial charge in [0.25, 0.3) is 5.91 Å². The highest BCUT2D eigenvalue weighted by Gasteiger charge is 2.35. The summed E-state index contributed by atoms with van der Waals surface area (Å²) in [5.74, 6) is -0.889. The van der Waals surface area contributed by atoms with E-state index in [4.69, 9.17) is 9.15 Å². The van der Waals surface area contributed by atoms with Crippen molar-refractivity contribution in [2.24, 2.45) is 5.92 Å². The molecule has 1 aliphatic heterocycles. The Morgan fingerprint density at radius 2 is 2.00 bits per heavy atom. The summed E-state index contributed by atoms with van der Waals surface area (Å²) in [6, 6.07) is 13.3. The van der Waals surface area contributed by atoms with E-state index >= 15 is 0 Å². The van der Waals surface area contributed by atoms with Crippen LogP contribution in [0, 0.1) is 5.92 Å². The van der Waals surface area contributed by atoms with Gasteiger partial charge in [0, 0.05) is 19.5 Å². The van der Waals surface area contributed by atoms with Gasteiger partial charge in [-0.25, -0.2) is 0 Å². The first-order chi connectivity index (χ1) is 13.1. The molecule has 1 aromatic heterocycles. The lowest BCUT2D eigenvalue weighted by molar-refractivity contribution is -0.152. The maximum absolute atomic E-state index is 12.1. The summed E-state index contributed by atoms with van der Waals surface area (Å²) >= 11 is 0. The van der Waals surface area contributed by atoms with Gasteiger partial charge in [0.2, 0.25) is 5.91 Å². The van der Waals surface area contributed by atoms with Crippen LogP contribution < -0.4 is 5.32 Å². The fourth-order valence-corrected chi connectivity index (χ4v) is 2.97. The molecule has 3 rings (SSSR count). The SMILES string of the molecule is O=C(COC(=O)[C@H]1CC(=O)N(Cc2ccco2)C1)NCCc1ccccc1. The van der Waals surface area contributed by atoms with Crippen LogP contribution in [0.4, 0.5) is 0 Å². The lowest BCUT2D eigenvalue weighted by Gasteiger charge is -2.14. The van der Waals surface area contributed by atoms with Crippen molar-refractivity contribution in [2.75, 3.05) is 19.7 Å². The molecule has 2 amide bonds. The summed E-state index contributed by atoms with van der Waals surface area (Å²) < 4.78 is 10.3. The van der Waals surface area contributed by atoms with Crippen LogP contribution in [0.1, 0.15) is 17.7 Å². The third-order valence-corrected chi connectivity index (χ3v) is 4.40. The second-order valence-electron chi connectivity index (χ2n) is 6.45. The molecular formula is C20H22N2O5. The zero-order chi connectivity index (χ0) is 19.1. The van der Waals surface area contributed by atoms with Crippen LogP contribution >= 0.6 is 0 Å². The highest BCUT2D eigenvalue weighted by Crippen LogP contribution is 2.21. The molecule has 2 heterocycles. The third kappa shape index (κ3) is 5.44. The normalized spacial score (nSPS) is 16.4. The molecule has 1 aliphatic rings. The molecule has 0 bridgehead atoms. The number of benzene rings is 1. The van der Waals surface area contributed by atoms with Gasteiger partial charge in [0.1, 0.15) is 5.76 Å². The van der Waals surface area contributed by atoms with E-state index in [1.165, 1.54) is 6.26 Å². The average molecular weight is 370 g/mol. The molecule has 0 unspecified atom stereocenters. The van der Waals surface area contributed by atoms with Crippen LogP contribution in [0.15, 0.2) is 53.1 Å². The van der Waals surface area contributed by atoms with Crippen LogP contribution in [-0.2, 0) is 32.1 Å². The standard InChI is InChI=1S/C20H22N2O5/c23-18(21-9-8-15-5-2-1-3-6-15)14-27-20(25)16-11-19(24)22(12-16)13-17-7-4-10-26-17/h1-7,10,16H,8-9,11-14H2,(H,21,23)/t16-/m0/s1. The Kier molecular flexibility index (Phi) is 6.25. The van der Waals surface area contributed by atoms with Crippen molar-refractivity contribution in [1.29, 1.82) is 0 Å². The molecule has 1 fully saturated rings. The second-order valence-corrected chi connectivity index (χ2v) is 6.45. The molecule has 2 aromatic rings. The molecule has 0 radical (unpaired) electrons. The van der Waals surface area contributed by atoms with Gasteiger partial charge >= 0.3 is 5.97 Å². The summed E-state index contributed by atoms with van der Waals surface area (Å²) in [4.78, 5) is 37.5. The van der Waals surface area contributed by atoms with Crippen LogP contribution in [0.5, 0.6) is 0 Å². The van der Waals surface area contributed by atoms with Crippen molar-refractivity contribution >= 4 is 17.8 Å². The molecular weight excluding hydrogens is 348 g/mol. The first-order valence-electron chi connectivity index (χ1n) is 8.89. The van der Waals surface area contributed by atoms with E-state index in [0.29, 0.717) is 25.3 Å². The topological polar surface area (TPSA) is 88.9 Å². The predicted molar refractivity (Wildman–Crippen MR) is 96.3 cm³/mol. The molecule has 7 nitrogen and oxygen atoms in total. The maximum atomic E-state index is 12.1. The van der Waals surface area contributed by atoms with Crippen molar-refractivity contribution < 1.29 is 23.5 Å². The zero-order valence-electron chi connectivity index (χ0n) is 14.9. The lowest BCUT2D eigenvalue weighted by atomic mass is 10.1. The Bertz CT molecular complexity index is 773. The summed E-state index contributed by atoms with van der Waals surface area (Å²) in [6.45, 7) is 0.735. The van der Waals surface area contributed by atoms with Crippen molar-refractivity contribution in [3.05, 3.63) is 60.1 Å². The van der Waals surface area contributed by atoms with Crippen LogP contribution in [-0.4, -0.2) is 42.4 Å². The number of ether oxygens (including phenoxy) is 1. The number of nitrogens with one attached hydrogen (secondary N) is 1. The quantitative estimate of drug-likeness (QED) is 0.712. The predicted octanol–water partition coefficient (Wildman–Crippen LogP) is 1.53. The summed E-state index contributed by atoms with van der Waals surface area (Å²) in [7, 11) is 0. The van der Waals surface area contributed by atoms with Crippen molar-refractivity contribution in [1.82, 2.24) is 10.2 Å². The van der Waals surface area contributed by atoms with Gasteiger partial charge < -0.3 is 19.4 Å². The van der Waals surface area contributed by atoms with Gasteiger partial charge in [0.05, 0.1) is 18.7 Å². The van der Waals surface area contributed by atoms with E-state index in [-0.39, 0.29) is 31.4 Å². The van der Waals surface area contributed by atoms with Gasteiger partial charge in [-0.1, -0.05) is 30.3 Å². The molecule has 0 spiro atoms. The second kappa shape index (κ2) is 9.02. The number of hydrogen-bond acceptors (Lipinski definition) is 5. The number of nitrogens with zero attached hydrogens (tertiary/aromatic N) is 1. The van der Waals surface area contributed by atoms with Gasteiger partial charge in [-0.15, -0.1) is 0 Å². The van der Waals surface area contributed by atoms with Crippen LogP contribution in [0.3, 0.4) is 0 Å². The number of amides is 2. The Hall–Kier alpha value is -3.09. The number of carbonyl (C=O) groups excluding carboxylic acids is 3. The van der Waals surface area contributed by atoms with Gasteiger partial charge in [-0.2, -0.15) is 0 Å². The van der Waals surface area contributed by atoms with E-state index in [1.54, 1.807) is 17.0 Å². The van der Waals surface area contributed by atoms with Crippen LogP contribution in [0.25, 0.3) is 0 Å². The Labute approximate surface area is 157 Å². The van der Waals surface area contributed by atoms with Gasteiger partial charge in [0.15, 0.2) is 6.61 Å². The lowest BCUT2D eigenvalue weighted by Crippen LogP contribution is -2.32. The van der Waals surface area contributed by atoms with Gasteiger partial charge in [-0.3, -0.25) is 14.4 Å². The Morgan fingerprint density at radius 3 is 2.74 bits per heavy atom. The first-order valence-corrected chi connectivity index (χ1v) is 8.89. The molecule has 0 saturated carbocycles. The molecule has 1 N–H and O–H groups in total. The third-order valence-electron chi connectivity index (χ3n) is 4.40. The van der Waals surface area contributed by atoms with E-state index in [9.17, 15) is 14.4 Å². The Morgan fingerprint density at radius 1 is 1.19 bits per heavy atom. The zero-order valence-corrected chi connectivity index (χ0v) is 14.9. The van der Waals surface area contributed by atoms with E-state index in [2.05, 4.69) is 5.32 Å². The average Bonchev–Trinajstić information content (AvgIpc) is 3.31. The van der Waals surface area contributed by atoms with E-state index < -0.39 is 11.9 Å². The molecule has 0 aliphatic carbocycles. The molecule has 142 valence electrons. The highest BCUT2D eigenvalue weighted by atomic mass is 16.5. The van der Waals surface area contributed by atoms with Gasteiger partial charge in [-0.05, 0) is 24.1 Å². The van der Waals surface area contributed by atoms with E-state index in [0.717, 1.165) is 5.56 Å². The first kappa shape index (κ1) is 18.7. The summed E-state index contributed by atoms with van der Waals surface area (Å²) in [5, 5.41) is 2.72. The number of likely N-dealkylation sites (tertiary alicyclic amines) is 1. The largest absolute Gasteiger partial charge is 0.467 e. The molecule has 1 atom stereocenters. The number of rotatable bonds is 8. The fourth-order valence-electron chi connectivity index (χ4n) is 2.97. The number of esters is 1. The molecule has 27 heavy (non-hydrogen) atoms. The number of hydrogen-bond donors (Lipinski definition) is 1. The maximum Gasteiger partial charge on any atom is 0.311 e. The van der Waals surface area contributed by atoms with Crippen LogP contribution in [0.2, 0.25) is 0 Å². The highest BCUT2D eigenvalue weighted by molar-refractivity contribution is 5.88. The summed E-state index contributed by atoms with van der Waals surface area (Å²) in [5.41, 5.74) is 1.12. The fraction of sp³-hybridized carbons (Fsp3) is 0.350. The Balaban J connectivity index is 1.36.